The van der Waals surface area contributed by atoms with Crippen molar-refractivity contribution < 1.29 is 24.2 Å². The lowest BCUT2D eigenvalue weighted by Crippen LogP contribution is -2.57. The van der Waals surface area contributed by atoms with Gasteiger partial charge < -0.3 is 24.5 Å². The molecule has 3 fully saturated rings. The number of unbranched alkanes of at least 4 members (excludes halogenated alkanes) is 2. The van der Waals surface area contributed by atoms with E-state index < -0.39 is 29.1 Å². The fourth-order valence-corrected chi connectivity index (χ4v) is 7.83. The zero-order valence-electron chi connectivity index (χ0n) is 23.1. The first-order valence-corrected chi connectivity index (χ1v) is 15.0. The van der Waals surface area contributed by atoms with Crippen LogP contribution in [0.25, 0.3) is 0 Å². The summed E-state index contributed by atoms with van der Waals surface area (Å²) in [5.74, 6) is -1.60. The molecule has 0 aromatic rings. The highest BCUT2D eigenvalue weighted by molar-refractivity contribution is 6.00. The van der Waals surface area contributed by atoms with Crippen molar-refractivity contribution in [2.24, 2.45) is 11.8 Å². The van der Waals surface area contributed by atoms with Crippen molar-refractivity contribution in [3.63, 3.8) is 0 Å². The van der Waals surface area contributed by atoms with E-state index in [1.165, 1.54) is 6.42 Å². The Morgan fingerprint density at radius 3 is 2.37 bits per heavy atom. The van der Waals surface area contributed by atoms with Crippen LogP contribution in [0.5, 0.6) is 0 Å². The van der Waals surface area contributed by atoms with Gasteiger partial charge in [0.05, 0.1) is 17.4 Å². The average molecular weight is 528 g/mol. The predicted octanol–water partition coefficient (Wildman–Crippen LogP) is 3.05. The molecule has 1 aliphatic carbocycles. The number of nitrogens with zero attached hydrogens (tertiary/aromatic N) is 3. The smallest absolute Gasteiger partial charge is 0.249 e. The van der Waals surface area contributed by atoms with Crippen LogP contribution in [0.4, 0.5) is 0 Å². The number of fused-ring (bicyclic) bond motifs is 2. The number of likely N-dealkylation sites (tertiary alicyclic amines) is 1. The third-order valence-corrected chi connectivity index (χ3v) is 9.62. The van der Waals surface area contributed by atoms with Crippen molar-refractivity contribution in [3.05, 3.63) is 24.3 Å². The van der Waals surface area contributed by atoms with Gasteiger partial charge in [-0.3, -0.25) is 14.4 Å². The number of hydrogen-bond acceptors (Lipinski definition) is 5. The number of aliphatic hydroxyl groups is 1. The fourth-order valence-electron chi connectivity index (χ4n) is 7.83. The molecule has 3 amide bonds. The Balaban J connectivity index is 1.57. The minimum Gasteiger partial charge on any atom is -0.396 e. The molecular formula is C30H45N3O5. The zero-order chi connectivity index (χ0) is 26.9. The molecule has 4 aliphatic heterocycles. The number of aliphatic hydroxyl groups excluding tert-OH is 1. The Bertz CT molecular complexity index is 975. The molecule has 0 bridgehead atoms. The Morgan fingerprint density at radius 1 is 0.895 bits per heavy atom. The van der Waals surface area contributed by atoms with Crippen LogP contribution in [0, 0.1) is 11.8 Å². The first kappa shape index (κ1) is 27.4. The summed E-state index contributed by atoms with van der Waals surface area (Å²) < 4.78 is 7.04. The summed E-state index contributed by atoms with van der Waals surface area (Å²) >= 11 is 0. The fraction of sp³-hybridized carbons (Fsp3) is 0.767. The van der Waals surface area contributed by atoms with Crippen molar-refractivity contribution in [3.8, 4) is 0 Å². The van der Waals surface area contributed by atoms with Gasteiger partial charge in [-0.15, -0.1) is 0 Å². The molecule has 5 rings (SSSR count). The lowest BCUT2D eigenvalue weighted by molar-refractivity contribution is -0.155. The maximum atomic E-state index is 14.5. The molecule has 2 saturated heterocycles. The van der Waals surface area contributed by atoms with E-state index >= 15 is 0 Å². The van der Waals surface area contributed by atoms with Crippen LogP contribution >= 0.6 is 0 Å². The second-order valence-electron chi connectivity index (χ2n) is 11.8. The van der Waals surface area contributed by atoms with Gasteiger partial charge >= 0.3 is 0 Å². The molecule has 5 atom stereocenters. The molecular weight excluding hydrogens is 482 g/mol. The normalized spacial score (nSPS) is 35.4. The molecule has 0 aromatic heterocycles. The van der Waals surface area contributed by atoms with Crippen LogP contribution in [0.2, 0.25) is 0 Å². The van der Waals surface area contributed by atoms with E-state index in [4.69, 9.17) is 4.74 Å². The summed E-state index contributed by atoms with van der Waals surface area (Å²) in [6, 6.07) is -0.596. The third kappa shape index (κ3) is 4.32. The van der Waals surface area contributed by atoms with Crippen LogP contribution in [0.3, 0.4) is 0 Å². The van der Waals surface area contributed by atoms with Crippen LogP contribution in [-0.4, -0.2) is 93.6 Å². The summed E-state index contributed by atoms with van der Waals surface area (Å²) in [7, 11) is 0. The minimum absolute atomic E-state index is 0.0375. The molecule has 1 spiro atoms. The number of rotatable bonds is 9. The van der Waals surface area contributed by atoms with Gasteiger partial charge in [0.25, 0.3) is 0 Å². The van der Waals surface area contributed by atoms with Gasteiger partial charge in [0.15, 0.2) is 0 Å². The topological polar surface area (TPSA) is 90.4 Å². The predicted molar refractivity (Wildman–Crippen MR) is 144 cm³/mol. The second-order valence-corrected chi connectivity index (χ2v) is 11.8. The summed E-state index contributed by atoms with van der Waals surface area (Å²) in [4.78, 5) is 48.6. The van der Waals surface area contributed by atoms with Gasteiger partial charge in [-0.1, -0.05) is 57.4 Å². The van der Waals surface area contributed by atoms with Gasteiger partial charge in [-0.05, 0) is 44.9 Å². The van der Waals surface area contributed by atoms with Gasteiger partial charge in [0.1, 0.15) is 11.6 Å². The maximum Gasteiger partial charge on any atom is 0.249 e. The highest BCUT2D eigenvalue weighted by atomic mass is 16.5. The highest BCUT2D eigenvalue weighted by Gasteiger charge is 2.75. The number of amides is 3. The molecule has 210 valence electrons. The number of ether oxygens (including phenoxy) is 1. The first-order valence-electron chi connectivity index (χ1n) is 15.0. The van der Waals surface area contributed by atoms with Gasteiger partial charge in [-0.2, -0.15) is 0 Å². The van der Waals surface area contributed by atoms with Crippen molar-refractivity contribution in [1.29, 1.82) is 0 Å². The Kier molecular flexibility index (Phi) is 8.01. The van der Waals surface area contributed by atoms with Crippen LogP contribution in [-0.2, 0) is 19.1 Å². The highest BCUT2D eigenvalue weighted by Crippen LogP contribution is 2.58. The van der Waals surface area contributed by atoms with Crippen molar-refractivity contribution in [1.82, 2.24) is 14.7 Å². The van der Waals surface area contributed by atoms with Crippen molar-refractivity contribution in [2.75, 3.05) is 32.8 Å². The summed E-state index contributed by atoms with van der Waals surface area (Å²) in [5.41, 5.74) is -2.07. The van der Waals surface area contributed by atoms with E-state index in [-0.39, 0.29) is 30.4 Å². The Hall–Kier alpha value is -2.19. The molecule has 8 heteroatoms. The lowest BCUT2D eigenvalue weighted by atomic mass is 9.73. The quantitative estimate of drug-likeness (QED) is 0.368. The Morgan fingerprint density at radius 2 is 1.66 bits per heavy atom. The van der Waals surface area contributed by atoms with Gasteiger partial charge in [-0.25, -0.2) is 0 Å². The molecule has 38 heavy (non-hydrogen) atoms. The molecule has 0 radical (unpaired) electrons. The van der Waals surface area contributed by atoms with Crippen molar-refractivity contribution in [2.45, 2.75) is 101 Å². The second kappa shape index (κ2) is 11.1. The molecule has 0 aromatic carbocycles. The lowest BCUT2D eigenvalue weighted by Gasteiger charge is -2.40. The first-order chi connectivity index (χ1) is 18.4. The molecule has 8 nitrogen and oxygen atoms in total. The van der Waals surface area contributed by atoms with E-state index in [2.05, 4.69) is 6.92 Å². The van der Waals surface area contributed by atoms with E-state index in [1.807, 2.05) is 41.0 Å². The number of carbonyl (C=O) groups is 3. The zero-order valence-corrected chi connectivity index (χ0v) is 23.1. The van der Waals surface area contributed by atoms with Crippen molar-refractivity contribution >= 4 is 17.7 Å². The summed E-state index contributed by atoms with van der Waals surface area (Å²) in [5, 5.41) is 9.28. The van der Waals surface area contributed by atoms with E-state index in [1.54, 1.807) is 4.90 Å². The largest absolute Gasteiger partial charge is 0.396 e. The van der Waals surface area contributed by atoms with Crippen LogP contribution in [0.1, 0.15) is 78.1 Å². The van der Waals surface area contributed by atoms with E-state index in [0.717, 1.165) is 38.5 Å². The van der Waals surface area contributed by atoms with Crippen LogP contribution < -0.4 is 0 Å². The van der Waals surface area contributed by atoms with Gasteiger partial charge in [0.2, 0.25) is 17.7 Å². The molecule has 1 N–H and O–H groups in total. The standard InChI is InChI=1S/C30H45N3O5/c1-3-17-31-18-11-15-29(4-2)23(26(31)35)24-27(36)33(19-9-6-10-21-34)25-28(37)32(22-13-7-5-8-14-22)20-12-16-30(24,25)38-29/h11-12,15-16,22-25,34H,3-10,13-14,17-21H2,1-2H3/t23-,24+,25?,29+,30+/m1/s1. The SMILES string of the molecule is CCCN1CC=C[C@]2(CC)O[C@]34C=CCN(C5CCCCC5)C(=O)C3N(CCCCCO)C(=O)[C@@H]4[C@@H]2C1=O. The van der Waals surface area contributed by atoms with E-state index in [9.17, 15) is 19.5 Å². The molecule has 1 saturated carbocycles. The monoisotopic (exact) mass is 527 g/mol. The molecule has 1 unspecified atom stereocenters. The number of carbonyl (C=O) groups excluding carboxylic acids is 3. The summed E-state index contributed by atoms with van der Waals surface area (Å²) in [6.45, 7) is 6.27. The van der Waals surface area contributed by atoms with Gasteiger partial charge in [0, 0.05) is 38.8 Å². The Labute approximate surface area is 227 Å². The third-order valence-electron chi connectivity index (χ3n) is 9.62. The average Bonchev–Trinajstić information content (AvgIpc) is 3.21. The number of hydrogen-bond donors (Lipinski definition) is 1. The maximum absolute atomic E-state index is 14.5. The van der Waals surface area contributed by atoms with Crippen LogP contribution in [0.15, 0.2) is 24.3 Å². The summed E-state index contributed by atoms with van der Waals surface area (Å²) in [6.07, 6.45) is 17.0. The molecule has 4 heterocycles. The van der Waals surface area contributed by atoms with E-state index in [0.29, 0.717) is 45.4 Å². The minimum atomic E-state index is -1.16. The molecule has 5 aliphatic rings.